The van der Waals surface area contributed by atoms with E-state index in [-0.39, 0.29) is 5.75 Å². The minimum atomic E-state index is -2.90. The van der Waals surface area contributed by atoms with Crippen LogP contribution in [-0.2, 0) is 14.6 Å². The van der Waals surface area contributed by atoms with Gasteiger partial charge in [0, 0.05) is 13.2 Å². The molecule has 1 aliphatic heterocycles. The van der Waals surface area contributed by atoms with Crippen LogP contribution in [0.1, 0.15) is 19.8 Å². The van der Waals surface area contributed by atoms with Crippen LogP contribution in [0.4, 0.5) is 0 Å². The highest BCUT2D eigenvalue weighted by Crippen LogP contribution is 2.26. The summed E-state index contributed by atoms with van der Waals surface area (Å²) in [6.45, 7) is 3.08. The average molecular weight is 221 g/mol. The number of nitrogens with one attached hydrogen (secondary N) is 1. The van der Waals surface area contributed by atoms with Gasteiger partial charge in [-0.3, -0.25) is 0 Å². The Hall–Kier alpha value is -0.130. The third-order valence-corrected chi connectivity index (χ3v) is 4.40. The molecule has 1 aliphatic rings. The lowest BCUT2D eigenvalue weighted by molar-refractivity contribution is -0.0285. The zero-order chi connectivity index (χ0) is 10.7. The standard InChI is InChI=1S/C9H19NO3S/c1-3-13-9(7-10-2)5-4-6-14(11,12)8-9/h10H,3-8H2,1-2H3. The highest BCUT2D eigenvalue weighted by Gasteiger charge is 2.39. The Bertz CT molecular complexity index is 262. The van der Waals surface area contributed by atoms with E-state index in [0.717, 1.165) is 6.42 Å². The Morgan fingerprint density at radius 3 is 2.71 bits per heavy atom. The predicted octanol–water partition coefficient (Wildman–Crippen LogP) is 0.190. The topological polar surface area (TPSA) is 55.4 Å². The Kier molecular flexibility index (Phi) is 3.92. The number of hydrogen-bond acceptors (Lipinski definition) is 4. The molecule has 0 bridgehead atoms. The maximum Gasteiger partial charge on any atom is 0.153 e. The molecule has 0 saturated carbocycles. The van der Waals surface area contributed by atoms with E-state index >= 15 is 0 Å². The molecule has 0 spiro atoms. The van der Waals surface area contributed by atoms with E-state index in [4.69, 9.17) is 4.74 Å². The second-order valence-electron chi connectivity index (χ2n) is 3.84. The molecule has 4 nitrogen and oxygen atoms in total. The summed E-state index contributed by atoms with van der Waals surface area (Å²) in [5.41, 5.74) is -0.486. The van der Waals surface area contributed by atoms with Crippen molar-refractivity contribution in [2.75, 3.05) is 31.7 Å². The molecule has 0 aromatic carbocycles. The van der Waals surface area contributed by atoms with Crippen molar-refractivity contribution < 1.29 is 13.2 Å². The van der Waals surface area contributed by atoms with Crippen LogP contribution in [0.25, 0.3) is 0 Å². The van der Waals surface area contributed by atoms with Crippen molar-refractivity contribution in [3.05, 3.63) is 0 Å². The fourth-order valence-electron chi connectivity index (χ4n) is 2.09. The van der Waals surface area contributed by atoms with Crippen LogP contribution in [-0.4, -0.2) is 45.7 Å². The number of ether oxygens (including phenoxy) is 1. The van der Waals surface area contributed by atoms with Gasteiger partial charge in [0.05, 0.1) is 17.1 Å². The van der Waals surface area contributed by atoms with Gasteiger partial charge in [-0.1, -0.05) is 0 Å². The molecular formula is C9H19NO3S. The monoisotopic (exact) mass is 221 g/mol. The lowest BCUT2D eigenvalue weighted by atomic mass is 9.99. The first-order valence-corrected chi connectivity index (χ1v) is 6.85. The highest BCUT2D eigenvalue weighted by molar-refractivity contribution is 7.91. The molecule has 0 amide bonds. The van der Waals surface area contributed by atoms with Crippen molar-refractivity contribution in [3.8, 4) is 0 Å². The minimum Gasteiger partial charge on any atom is -0.373 e. The van der Waals surface area contributed by atoms with Crippen molar-refractivity contribution >= 4 is 9.84 Å². The molecule has 1 fully saturated rings. The second-order valence-corrected chi connectivity index (χ2v) is 6.03. The van der Waals surface area contributed by atoms with Gasteiger partial charge in [0.1, 0.15) is 0 Å². The highest BCUT2D eigenvalue weighted by atomic mass is 32.2. The fraction of sp³-hybridized carbons (Fsp3) is 1.00. The van der Waals surface area contributed by atoms with E-state index in [1.54, 1.807) is 0 Å². The third-order valence-electron chi connectivity index (χ3n) is 2.52. The molecule has 0 aliphatic carbocycles. The molecule has 0 radical (unpaired) electrons. The Labute approximate surface area is 85.9 Å². The van der Waals surface area contributed by atoms with Gasteiger partial charge in [-0.25, -0.2) is 8.42 Å². The molecule has 1 atom stereocenters. The van der Waals surface area contributed by atoms with Crippen LogP contribution in [0.5, 0.6) is 0 Å². The lowest BCUT2D eigenvalue weighted by Gasteiger charge is -2.36. The summed E-state index contributed by atoms with van der Waals surface area (Å²) in [5, 5.41) is 3.01. The van der Waals surface area contributed by atoms with Crippen LogP contribution >= 0.6 is 0 Å². The molecule has 1 rings (SSSR count). The molecule has 5 heteroatoms. The molecule has 1 heterocycles. The number of rotatable bonds is 4. The normalized spacial score (nSPS) is 31.6. The summed E-state index contributed by atoms with van der Waals surface area (Å²) >= 11 is 0. The molecule has 1 saturated heterocycles. The average Bonchev–Trinajstić information content (AvgIpc) is 2.02. The fourth-order valence-corrected chi connectivity index (χ4v) is 3.95. The van der Waals surface area contributed by atoms with Crippen molar-refractivity contribution in [2.24, 2.45) is 0 Å². The Morgan fingerprint density at radius 1 is 1.50 bits per heavy atom. The zero-order valence-electron chi connectivity index (χ0n) is 8.88. The smallest absolute Gasteiger partial charge is 0.153 e. The van der Waals surface area contributed by atoms with Gasteiger partial charge in [0.15, 0.2) is 9.84 Å². The van der Waals surface area contributed by atoms with E-state index in [1.807, 2.05) is 14.0 Å². The van der Waals surface area contributed by atoms with Crippen LogP contribution in [0.15, 0.2) is 0 Å². The molecule has 1 N–H and O–H groups in total. The van der Waals surface area contributed by atoms with Crippen molar-refractivity contribution in [3.63, 3.8) is 0 Å². The maximum atomic E-state index is 11.5. The molecule has 14 heavy (non-hydrogen) atoms. The Morgan fingerprint density at radius 2 is 2.21 bits per heavy atom. The summed E-state index contributed by atoms with van der Waals surface area (Å²) in [4.78, 5) is 0. The summed E-state index contributed by atoms with van der Waals surface area (Å²) in [7, 11) is -1.08. The molecule has 84 valence electrons. The summed E-state index contributed by atoms with van der Waals surface area (Å²) in [6, 6.07) is 0. The van der Waals surface area contributed by atoms with Crippen molar-refractivity contribution in [2.45, 2.75) is 25.4 Å². The molecular weight excluding hydrogens is 202 g/mol. The quantitative estimate of drug-likeness (QED) is 0.736. The largest absolute Gasteiger partial charge is 0.373 e. The zero-order valence-corrected chi connectivity index (χ0v) is 9.69. The van der Waals surface area contributed by atoms with E-state index in [0.29, 0.717) is 25.3 Å². The van der Waals surface area contributed by atoms with Crippen LogP contribution in [0, 0.1) is 0 Å². The van der Waals surface area contributed by atoms with E-state index in [2.05, 4.69) is 5.32 Å². The first-order valence-electron chi connectivity index (χ1n) is 5.02. The van der Waals surface area contributed by atoms with Crippen molar-refractivity contribution in [1.82, 2.24) is 5.32 Å². The van der Waals surface area contributed by atoms with E-state index < -0.39 is 15.4 Å². The molecule has 1 unspecified atom stereocenters. The van der Waals surface area contributed by atoms with E-state index in [1.165, 1.54) is 0 Å². The van der Waals surface area contributed by atoms with Gasteiger partial charge in [0.25, 0.3) is 0 Å². The van der Waals surface area contributed by atoms with Gasteiger partial charge < -0.3 is 10.1 Å². The van der Waals surface area contributed by atoms with Gasteiger partial charge in [-0.2, -0.15) is 0 Å². The lowest BCUT2D eigenvalue weighted by Crippen LogP contribution is -2.51. The third kappa shape index (κ3) is 2.93. The second kappa shape index (κ2) is 4.59. The van der Waals surface area contributed by atoms with Gasteiger partial charge in [-0.05, 0) is 26.8 Å². The van der Waals surface area contributed by atoms with E-state index in [9.17, 15) is 8.42 Å². The minimum absolute atomic E-state index is 0.161. The summed E-state index contributed by atoms with van der Waals surface area (Å²) in [6.07, 6.45) is 1.55. The van der Waals surface area contributed by atoms with Gasteiger partial charge in [0.2, 0.25) is 0 Å². The van der Waals surface area contributed by atoms with Gasteiger partial charge >= 0.3 is 0 Å². The maximum absolute atomic E-state index is 11.5. The van der Waals surface area contributed by atoms with Crippen LogP contribution < -0.4 is 5.32 Å². The first-order chi connectivity index (χ1) is 6.54. The number of hydrogen-bond donors (Lipinski definition) is 1. The van der Waals surface area contributed by atoms with Gasteiger partial charge in [-0.15, -0.1) is 0 Å². The SMILES string of the molecule is CCOC1(CNC)CCCS(=O)(=O)C1. The summed E-state index contributed by atoms with van der Waals surface area (Å²) < 4.78 is 28.6. The van der Waals surface area contributed by atoms with Crippen molar-refractivity contribution in [1.29, 1.82) is 0 Å². The first kappa shape index (κ1) is 11.9. The van der Waals surface area contributed by atoms with Crippen LogP contribution in [0.3, 0.4) is 0 Å². The molecule has 0 aromatic heterocycles. The van der Waals surface area contributed by atoms with Crippen LogP contribution in [0.2, 0.25) is 0 Å². The number of sulfone groups is 1. The molecule has 0 aromatic rings. The Balaban J connectivity index is 2.75. The summed E-state index contributed by atoms with van der Waals surface area (Å²) in [5.74, 6) is 0.472. The number of likely N-dealkylation sites (N-methyl/N-ethyl adjacent to an activating group) is 1. The predicted molar refractivity (Wildman–Crippen MR) is 56.2 cm³/mol.